The second kappa shape index (κ2) is 8.55. The fraction of sp³-hybridized carbons (Fsp3) is 0.150. The number of hydrogen-bond donors (Lipinski definition) is 2. The topological polar surface area (TPSA) is 74.6 Å². The van der Waals surface area contributed by atoms with Gasteiger partial charge in [-0.2, -0.15) is 5.10 Å². The zero-order valence-electron chi connectivity index (χ0n) is 14.6. The number of aromatic nitrogens is 1. The molecule has 1 aromatic heterocycles. The molecule has 0 spiro atoms. The molecule has 0 aliphatic heterocycles. The van der Waals surface area contributed by atoms with Crippen molar-refractivity contribution in [1.82, 2.24) is 10.4 Å². The van der Waals surface area contributed by atoms with E-state index in [0.29, 0.717) is 17.8 Å². The normalized spacial score (nSPS) is 11.4. The van der Waals surface area contributed by atoms with Crippen LogP contribution in [0.15, 0.2) is 59.0 Å². The van der Waals surface area contributed by atoms with Gasteiger partial charge in [0, 0.05) is 10.9 Å². The van der Waals surface area contributed by atoms with Crippen LogP contribution in [0, 0.1) is 5.82 Å². The summed E-state index contributed by atoms with van der Waals surface area (Å²) in [6.45, 7) is 1.94. The van der Waals surface area contributed by atoms with E-state index in [1.165, 1.54) is 23.5 Å². The number of halogens is 1. The molecule has 0 aliphatic rings. The summed E-state index contributed by atoms with van der Waals surface area (Å²) in [6, 6.07) is 12.7. The summed E-state index contributed by atoms with van der Waals surface area (Å²) in [5, 5.41) is 16.1. The van der Waals surface area contributed by atoms with E-state index >= 15 is 0 Å². The van der Waals surface area contributed by atoms with E-state index < -0.39 is 0 Å². The lowest BCUT2D eigenvalue weighted by atomic mass is 10.1. The van der Waals surface area contributed by atoms with Crippen molar-refractivity contribution in [3.63, 3.8) is 0 Å². The summed E-state index contributed by atoms with van der Waals surface area (Å²) < 4.78 is 13.0. The lowest BCUT2D eigenvalue weighted by molar-refractivity contribution is -0.120. The van der Waals surface area contributed by atoms with Gasteiger partial charge in [-0.1, -0.05) is 6.92 Å². The third-order valence-corrected chi connectivity index (χ3v) is 4.78. The van der Waals surface area contributed by atoms with Crippen LogP contribution in [0.25, 0.3) is 10.6 Å². The number of phenolic OH excluding ortho intramolecular Hbond substituents is 1. The average Bonchev–Trinajstić information content (AvgIpc) is 3.12. The maximum Gasteiger partial charge on any atom is 0.246 e. The lowest BCUT2D eigenvalue weighted by Gasteiger charge is -2.05. The number of benzene rings is 2. The Bertz CT molecular complexity index is 950. The van der Waals surface area contributed by atoms with Gasteiger partial charge in [0.05, 0.1) is 17.8 Å². The van der Waals surface area contributed by atoms with E-state index in [4.69, 9.17) is 0 Å². The van der Waals surface area contributed by atoms with Crippen LogP contribution < -0.4 is 5.43 Å². The van der Waals surface area contributed by atoms with Crippen molar-refractivity contribution in [2.24, 2.45) is 5.10 Å². The largest absolute Gasteiger partial charge is 0.508 e. The fourth-order valence-electron chi connectivity index (χ4n) is 2.45. The molecule has 2 aromatic carbocycles. The van der Waals surface area contributed by atoms with Gasteiger partial charge in [0.15, 0.2) is 0 Å². The number of phenols is 1. The summed E-state index contributed by atoms with van der Waals surface area (Å²) in [4.78, 5) is 16.6. The number of hydrogen-bond acceptors (Lipinski definition) is 5. The molecule has 138 valence electrons. The van der Waals surface area contributed by atoms with E-state index in [2.05, 4.69) is 15.5 Å². The highest BCUT2D eigenvalue weighted by Gasteiger charge is 2.10. The van der Waals surface area contributed by atoms with Gasteiger partial charge < -0.3 is 5.11 Å². The predicted molar refractivity (Wildman–Crippen MR) is 104 cm³/mol. The molecule has 1 amide bonds. The van der Waals surface area contributed by atoms with Crippen molar-refractivity contribution in [1.29, 1.82) is 0 Å². The van der Waals surface area contributed by atoms with Crippen LogP contribution in [0.2, 0.25) is 0 Å². The molecule has 3 rings (SSSR count). The molecule has 0 fully saturated rings. The summed E-state index contributed by atoms with van der Waals surface area (Å²) in [6.07, 6.45) is 0.740. The minimum Gasteiger partial charge on any atom is -0.508 e. The molecule has 0 atom stereocenters. The summed E-state index contributed by atoms with van der Waals surface area (Å²) in [7, 11) is 0. The molecule has 7 heteroatoms. The van der Waals surface area contributed by atoms with Crippen LogP contribution in [0.1, 0.15) is 24.6 Å². The van der Waals surface area contributed by atoms with Gasteiger partial charge in [-0.15, -0.1) is 11.3 Å². The molecule has 0 saturated heterocycles. The van der Waals surface area contributed by atoms with Crippen molar-refractivity contribution < 1.29 is 14.3 Å². The summed E-state index contributed by atoms with van der Waals surface area (Å²) in [5.74, 6) is -0.387. The summed E-state index contributed by atoms with van der Waals surface area (Å²) >= 11 is 1.40. The SMILES string of the molecule is CC/C(=N\NC(=O)Cc1csc(-c2ccc(F)cc2)n1)c1ccc(O)cc1. The number of carbonyl (C=O) groups is 1. The molecule has 0 unspecified atom stereocenters. The lowest BCUT2D eigenvalue weighted by Crippen LogP contribution is -2.22. The van der Waals surface area contributed by atoms with Crippen LogP contribution in [-0.2, 0) is 11.2 Å². The number of aromatic hydroxyl groups is 1. The number of thiazole rings is 1. The second-order valence-electron chi connectivity index (χ2n) is 5.82. The molecule has 2 N–H and O–H groups in total. The first kappa shape index (κ1) is 18.7. The molecule has 3 aromatic rings. The van der Waals surface area contributed by atoms with Crippen molar-refractivity contribution in [3.05, 3.63) is 71.0 Å². The standard InChI is InChI=1S/C20H18FN3O2S/c1-2-18(13-5-9-17(25)10-6-13)23-24-19(26)11-16-12-27-20(22-16)14-3-7-15(21)8-4-14/h3-10,12,25H,2,11H2,1H3,(H,24,26)/b23-18+. The quantitative estimate of drug-likeness (QED) is 0.496. The van der Waals surface area contributed by atoms with Crippen LogP contribution in [0.4, 0.5) is 4.39 Å². The Morgan fingerprint density at radius 3 is 2.56 bits per heavy atom. The van der Waals surface area contributed by atoms with Gasteiger partial charge in [-0.3, -0.25) is 4.79 Å². The number of hydrazone groups is 1. The van der Waals surface area contributed by atoms with Crippen molar-refractivity contribution in [2.75, 3.05) is 0 Å². The number of rotatable bonds is 6. The van der Waals surface area contributed by atoms with Crippen LogP contribution in [0.3, 0.4) is 0 Å². The van der Waals surface area contributed by atoms with E-state index in [1.54, 1.807) is 36.4 Å². The Morgan fingerprint density at radius 1 is 1.19 bits per heavy atom. The second-order valence-corrected chi connectivity index (χ2v) is 6.68. The molecular formula is C20H18FN3O2S. The maximum atomic E-state index is 13.0. The smallest absolute Gasteiger partial charge is 0.246 e. The molecule has 0 saturated carbocycles. The maximum absolute atomic E-state index is 13.0. The van der Waals surface area contributed by atoms with Crippen LogP contribution in [-0.4, -0.2) is 21.7 Å². The zero-order chi connectivity index (χ0) is 19.2. The Kier molecular flexibility index (Phi) is 5.93. The van der Waals surface area contributed by atoms with E-state index in [-0.39, 0.29) is 23.9 Å². The average molecular weight is 383 g/mol. The zero-order valence-corrected chi connectivity index (χ0v) is 15.5. The van der Waals surface area contributed by atoms with Gasteiger partial charge in [-0.25, -0.2) is 14.8 Å². The Hall–Kier alpha value is -3.06. The van der Waals surface area contributed by atoms with Crippen molar-refractivity contribution >= 4 is 23.0 Å². The summed E-state index contributed by atoms with van der Waals surface area (Å²) in [5.41, 5.74) is 5.55. The number of carbonyl (C=O) groups excluding carboxylic acids is 1. The van der Waals surface area contributed by atoms with Crippen LogP contribution in [0.5, 0.6) is 5.75 Å². The van der Waals surface area contributed by atoms with Gasteiger partial charge >= 0.3 is 0 Å². The Morgan fingerprint density at radius 2 is 1.89 bits per heavy atom. The van der Waals surface area contributed by atoms with Crippen LogP contribution >= 0.6 is 11.3 Å². The number of amides is 1. The highest BCUT2D eigenvalue weighted by molar-refractivity contribution is 7.13. The van der Waals surface area contributed by atoms with Gasteiger partial charge in [0.2, 0.25) is 5.91 Å². The molecule has 0 radical (unpaired) electrons. The molecular weight excluding hydrogens is 365 g/mol. The molecule has 0 aliphatic carbocycles. The number of nitrogens with zero attached hydrogens (tertiary/aromatic N) is 2. The third-order valence-electron chi connectivity index (χ3n) is 3.84. The van der Waals surface area contributed by atoms with Crippen molar-refractivity contribution in [3.8, 4) is 16.3 Å². The van der Waals surface area contributed by atoms with E-state index in [9.17, 15) is 14.3 Å². The van der Waals surface area contributed by atoms with Gasteiger partial charge in [0.25, 0.3) is 0 Å². The molecule has 5 nitrogen and oxygen atoms in total. The molecule has 0 bridgehead atoms. The first-order chi connectivity index (χ1) is 13.0. The third kappa shape index (κ3) is 4.98. The van der Waals surface area contributed by atoms with Gasteiger partial charge in [0.1, 0.15) is 16.6 Å². The first-order valence-electron chi connectivity index (χ1n) is 8.40. The minimum absolute atomic E-state index is 0.105. The monoisotopic (exact) mass is 383 g/mol. The highest BCUT2D eigenvalue weighted by Crippen LogP contribution is 2.24. The van der Waals surface area contributed by atoms with Crippen molar-refractivity contribution in [2.45, 2.75) is 19.8 Å². The number of nitrogens with one attached hydrogen (secondary N) is 1. The molecule has 1 heterocycles. The molecule has 27 heavy (non-hydrogen) atoms. The highest BCUT2D eigenvalue weighted by atomic mass is 32.1. The van der Waals surface area contributed by atoms with E-state index in [1.807, 2.05) is 12.3 Å². The minimum atomic E-state index is -0.298. The van der Waals surface area contributed by atoms with E-state index in [0.717, 1.165) is 16.1 Å². The van der Waals surface area contributed by atoms with Gasteiger partial charge in [-0.05, 0) is 60.5 Å². The Balaban J connectivity index is 1.63. The Labute approximate surface area is 160 Å². The first-order valence-corrected chi connectivity index (χ1v) is 9.28. The predicted octanol–water partition coefficient (Wildman–Crippen LogP) is 4.13. The fourth-order valence-corrected chi connectivity index (χ4v) is 3.27.